The molecule has 0 saturated carbocycles. The van der Waals surface area contributed by atoms with Crippen LogP contribution >= 0.6 is 15.9 Å². The minimum atomic E-state index is -3.77. The van der Waals surface area contributed by atoms with Crippen LogP contribution in [0.1, 0.15) is 13.3 Å². The zero-order valence-electron chi connectivity index (χ0n) is 12.4. The number of nitrogens with one attached hydrogen (secondary N) is 2. The largest absolute Gasteiger partial charge is 0.323 e. The molecular weight excluding hydrogens is 382 g/mol. The van der Waals surface area contributed by atoms with Gasteiger partial charge in [-0.05, 0) is 42.8 Å². The lowest BCUT2D eigenvalue weighted by Gasteiger charge is -2.17. The summed E-state index contributed by atoms with van der Waals surface area (Å²) in [5, 5.41) is 2.64. The second kappa shape index (κ2) is 7.67. The highest BCUT2D eigenvalue weighted by Gasteiger charge is 2.24. The molecule has 0 spiro atoms. The monoisotopic (exact) mass is 397 g/mol. The number of rotatable bonds is 6. The minimum absolute atomic E-state index is 0.105. The van der Waals surface area contributed by atoms with E-state index in [0.717, 1.165) is 4.47 Å². The minimum Gasteiger partial charge on any atom is -0.323 e. The Balaban J connectivity index is 2.11. The first-order chi connectivity index (χ1) is 10.9. The van der Waals surface area contributed by atoms with Crippen LogP contribution in [0.15, 0.2) is 58.2 Å². The first kappa shape index (κ1) is 17.6. The molecule has 0 bridgehead atoms. The molecule has 1 aromatic carbocycles. The Hall–Kier alpha value is -1.77. The second-order valence-corrected chi connectivity index (χ2v) is 7.40. The number of halogens is 1. The molecular formula is C15H16BrN3O3S. The van der Waals surface area contributed by atoms with Gasteiger partial charge >= 0.3 is 0 Å². The fourth-order valence-corrected chi connectivity index (χ4v) is 3.40. The molecule has 0 aliphatic heterocycles. The molecule has 0 saturated heterocycles. The lowest BCUT2D eigenvalue weighted by Crippen LogP contribution is -2.43. The maximum Gasteiger partial charge on any atom is 0.242 e. The van der Waals surface area contributed by atoms with Crippen molar-refractivity contribution in [1.82, 2.24) is 9.71 Å². The molecule has 122 valence electrons. The SMILES string of the molecule is CCC(NS(=O)(=O)c1ccc(Br)cc1)C(=O)Nc1cccnc1. The summed E-state index contributed by atoms with van der Waals surface area (Å²) in [4.78, 5) is 16.2. The third-order valence-electron chi connectivity index (χ3n) is 3.08. The van der Waals surface area contributed by atoms with Gasteiger partial charge in [0.05, 0.1) is 16.8 Å². The van der Waals surface area contributed by atoms with Crippen LogP contribution in [0.25, 0.3) is 0 Å². The topological polar surface area (TPSA) is 88.2 Å². The molecule has 0 aliphatic carbocycles. The summed E-state index contributed by atoms with van der Waals surface area (Å²) in [5.41, 5.74) is 0.513. The Morgan fingerprint density at radius 1 is 1.26 bits per heavy atom. The predicted octanol–water partition coefficient (Wildman–Crippen LogP) is 2.54. The van der Waals surface area contributed by atoms with Crippen LogP contribution < -0.4 is 10.0 Å². The van der Waals surface area contributed by atoms with Crippen LogP contribution in [-0.4, -0.2) is 25.4 Å². The van der Waals surface area contributed by atoms with E-state index < -0.39 is 22.0 Å². The van der Waals surface area contributed by atoms with E-state index >= 15 is 0 Å². The van der Waals surface area contributed by atoms with Crippen LogP contribution in [-0.2, 0) is 14.8 Å². The van der Waals surface area contributed by atoms with E-state index in [1.54, 1.807) is 37.4 Å². The van der Waals surface area contributed by atoms with Crippen molar-refractivity contribution in [1.29, 1.82) is 0 Å². The normalized spacial score (nSPS) is 12.6. The van der Waals surface area contributed by atoms with Gasteiger partial charge in [-0.2, -0.15) is 4.72 Å². The summed E-state index contributed by atoms with van der Waals surface area (Å²) in [6, 6.07) is 8.69. The molecule has 1 atom stereocenters. The number of hydrogen-bond acceptors (Lipinski definition) is 4. The maximum atomic E-state index is 12.4. The second-order valence-electron chi connectivity index (χ2n) is 4.77. The Morgan fingerprint density at radius 3 is 2.52 bits per heavy atom. The van der Waals surface area contributed by atoms with Crippen molar-refractivity contribution in [3.63, 3.8) is 0 Å². The number of carbonyl (C=O) groups excluding carboxylic acids is 1. The first-order valence-corrected chi connectivity index (χ1v) is 9.19. The highest BCUT2D eigenvalue weighted by Crippen LogP contribution is 2.15. The standard InChI is InChI=1S/C15H16BrN3O3S/c1-2-14(15(20)18-12-4-3-9-17-10-12)19-23(21,22)13-7-5-11(16)6-8-13/h3-10,14,19H,2H2,1H3,(H,18,20). The van der Waals surface area contributed by atoms with Gasteiger partial charge in [-0.25, -0.2) is 8.42 Å². The number of nitrogens with zero attached hydrogens (tertiary/aromatic N) is 1. The van der Waals surface area contributed by atoms with Gasteiger partial charge in [0.25, 0.3) is 0 Å². The van der Waals surface area contributed by atoms with Gasteiger partial charge in [-0.15, -0.1) is 0 Å². The van der Waals surface area contributed by atoms with Gasteiger partial charge in [0.15, 0.2) is 0 Å². The number of carbonyl (C=O) groups is 1. The van der Waals surface area contributed by atoms with E-state index in [4.69, 9.17) is 0 Å². The highest BCUT2D eigenvalue weighted by molar-refractivity contribution is 9.10. The molecule has 0 aliphatic rings. The van der Waals surface area contributed by atoms with Gasteiger partial charge in [0.1, 0.15) is 6.04 Å². The van der Waals surface area contributed by atoms with Gasteiger partial charge < -0.3 is 5.32 Å². The molecule has 2 aromatic rings. The van der Waals surface area contributed by atoms with Gasteiger partial charge in [-0.3, -0.25) is 9.78 Å². The highest BCUT2D eigenvalue weighted by atomic mass is 79.9. The van der Waals surface area contributed by atoms with E-state index in [1.807, 2.05) is 0 Å². The van der Waals surface area contributed by atoms with Crippen LogP contribution in [0.2, 0.25) is 0 Å². The average molecular weight is 398 g/mol. The Morgan fingerprint density at radius 2 is 1.96 bits per heavy atom. The summed E-state index contributed by atoms with van der Waals surface area (Å²) < 4.78 is 27.9. The van der Waals surface area contributed by atoms with Crippen LogP contribution in [0, 0.1) is 0 Å². The van der Waals surface area contributed by atoms with Crippen molar-refractivity contribution >= 4 is 37.5 Å². The summed E-state index contributed by atoms with van der Waals surface area (Å²) in [7, 11) is -3.77. The zero-order chi connectivity index (χ0) is 16.9. The quantitative estimate of drug-likeness (QED) is 0.783. The van der Waals surface area contributed by atoms with E-state index in [1.165, 1.54) is 18.3 Å². The van der Waals surface area contributed by atoms with E-state index in [2.05, 4.69) is 31.0 Å². The fourth-order valence-electron chi connectivity index (χ4n) is 1.86. The molecule has 1 unspecified atom stereocenters. The van der Waals surface area contributed by atoms with Crippen molar-refractivity contribution in [3.05, 3.63) is 53.3 Å². The predicted molar refractivity (Wildman–Crippen MR) is 91.4 cm³/mol. The Kier molecular flexibility index (Phi) is 5.86. The zero-order valence-corrected chi connectivity index (χ0v) is 14.8. The van der Waals surface area contributed by atoms with Crippen LogP contribution in [0.4, 0.5) is 5.69 Å². The van der Waals surface area contributed by atoms with Crippen molar-refractivity contribution < 1.29 is 13.2 Å². The number of aromatic nitrogens is 1. The molecule has 1 amide bonds. The van der Waals surface area contributed by atoms with Crippen LogP contribution in [0.5, 0.6) is 0 Å². The average Bonchev–Trinajstić information content (AvgIpc) is 2.54. The van der Waals surface area contributed by atoms with Crippen molar-refractivity contribution in [2.45, 2.75) is 24.3 Å². The van der Waals surface area contributed by atoms with E-state index in [-0.39, 0.29) is 4.90 Å². The van der Waals surface area contributed by atoms with Gasteiger partial charge in [-0.1, -0.05) is 22.9 Å². The van der Waals surface area contributed by atoms with Gasteiger partial charge in [0.2, 0.25) is 15.9 Å². The van der Waals surface area contributed by atoms with Crippen LogP contribution in [0.3, 0.4) is 0 Å². The van der Waals surface area contributed by atoms with E-state index in [0.29, 0.717) is 12.1 Å². The van der Waals surface area contributed by atoms with Crippen molar-refractivity contribution in [2.24, 2.45) is 0 Å². The smallest absolute Gasteiger partial charge is 0.242 e. The summed E-state index contributed by atoms with van der Waals surface area (Å²) in [5.74, 6) is -0.429. The van der Waals surface area contributed by atoms with Crippen molar-refractivity contribution in [3.8, 4) is 0 Å². The number of benzene rings is 1. The number of sulfonamides is 1. The molecule has 1 heterocycles. The molecule has 0 radical (unpaired) electrons. The molecule has 1 aromatic heterocycles. The molecule has 8 heteroatoms. The number of pyridine rings is 1. The molecule has 2 rings (SSSR count). The lowest BCUT2D eigenvalue weighted by atomic mass is 10.2. The fraction of sp³-hybridized carbons (Fsp3) is 0.200. The molecule has 0 fully saturated rings. The number of hydrogen-bond donors (Lipinski definition) is 2. The molecule has 6 nitrogen and oxygen atoms in total. The summed E-state index contributed by atoms with van der Waals surface area (Å²) in [6.45, 7) is 1.73. The first-order valence-electron chi connectivity index (χ1n) is 6.91. The molecule has 23 heavy (non-hydrogen) atoms. The molecule has 2 N–H and O–H groups in total. The van der Waals surface area contributed by atoms with E-state index in [9.17, 15) is 13.2 Å². The lowest BCUT2D eigenvalue weighted by molar-refractivity contribution is -0.117. The maximum absolute atomic E-state index is 12.4. The Bertz CT molecular complexity index is 764. The number of anilines is 1. The Labute approximate surface area is 143 Å². The van der Waals surface area contributed by atoms with Gasteiger partial charge in [0, 0.05) is 10.7 Å². The van der Waals surface area contributed by atoms with Crippen molar-refractivity contribution in [2.75, 3.05) is 5.32 Å². The summed E-state index contributed by atoms with van der Waals surface area (Å²) in [6.07, 6.45) is 3.40. The number of amides is 1. The third kappa shape index (κ3) is 4.85. The summed E-state index contributed by atoms with van der Waals surface area (Å²) >= 11 is 3.25. The third-order valence-corrected chi connectivity index (χ3v) is 5.09.